The van der Waals surface area contributed by atoms with Crippen molar-refractivity contribution in [2.45, 2.75) is 44.1 Å². The Morgan fingerprint density at radius 1 is 1.05 bits per heavy atom. The summed E-state index contributed by atoms with van der Waals surface area (Å²) in [5, 5.41) is 10.6. The molecule has 0 radical (unpaired) electrons. The van der Waals surface area contributed by atoms with Crippen LogP contribution in [0.3, 0.4) is 0 Å². The fourth-order valence-electron chi connectivity index (χ4n) is 4.83. The van der Waals surface area contributed by atoms with Crippen molar-refractivity contribution in [2.24, 2.45) is 5.92 Å². The van der Waals surface area contributed by atoms with Crippen molar-refractivity contribution in [1.29, 1.82) is 0 Å². The predicted octanol–water partition coefficient (Wildman–Crippen LogP) is 5.71. The van der Waals surface area contributed by atoms with Gasteiger partial charge in [0, 0.05) is 36.3 Å². The molecular formula is C27H30F5N6O3+. The molecule has 3 amide bonds. The summed E-state index contributed by atoms with van der Waals surface area (Å²) in [5.74, 6) is -1.80. The number of rotatable bonds is 8. The van der Waals surface area contributed by atoms with Crippen LogP contribution in [-0.4, -0.2) is 42.7 Å². The molecule has 0 spiro atoms. The third kappa shape index (κ3) is 7.99. The second kappa shape index (κ2) is 12.6. The molecule has 1 atom stereocenters. The highest BCUT2D eigenvalue weighted by molar-refractivity contribution is 6.00. The zero-order valence-corrected chi connectivity index (χ0v) is 22.3. The second-order valence-corrected chi connectivity index (χ2v) is 10.2. The van der Waals surface area contributed by atoms with E-state index in [2.05, 4.69) is 20.8 Å². The Bertz CT molecular complexity index is 1370. The van der Waals surface area contributed by atoms with Gasteiger partial charge in [-0.2, -0.15) is 13.2 Å². The predicted molar refractivity (Wildman–Crippen MR) is 139 cm³/mol. The maximum Gasteiger partial charge on any atom is 0.416 e. The van der Waals surface area contributed by atoms with Gasteiger partial charge in [0.25, 0.3) is 12.1 Å². The maximum atomic E-state index is 14.6. The Hall–Kier alpha value is -4.07. The third-order valence-electron chi connectivity index (χ3n) is 6.73. The molecule has 2 aromatic carbocycles. The average molecular weight is 582 g/mol. The summed E-state index contributed by atoms with van der Waals surface area (Å²) in [6.45, 7) is 1.00. The average Bonchev–Trinajstić information content (AvgIpc) is 3.36. The van der Waals surface area contributed by atoms with Crippen molar-refractivity contribution in [1.82, 2.24) is 10.2 Å². The molecule has 1 fully saturated rings. The van der Waals surface area contributed by atoms with E-state index >= 15 is 0 Å². The first kappa shape index (κ1) is 29.9. The van der Waals surface area contributed by atoms with Crippen LogP contribution in [0.5, 0.6) is 0 Å². The van der Waals surface area contributed by atoms with E-state index in [1.807, 2.05) is 19.4 Å². The number of nitrogens with one attached hydrogen (secondary N) is 3. The van der Waals surface area contributed by atoms with Gasteiger partial charge in [-0.1, -0.05) is 18.2 Å². The first-order valence-electron chi connectivity index (χ1n) is 12.9. The minimum Gasteiger partial charge on any atom is -0.323 e. The summed E-state index contributed by atoms with van der Waals surface area (Å²) in [6.07, 6.45) is -2.03. The monoisotopic (exact) mass is 581 g/mol. The third-order valence-corrected chi connectivity index (χ3v) is 6.73. The van der Waals surface area contributed by atoms with Crippen molar-refractivity contribution >= 4 is 29.2 Å². The number of alkyl halides is 4. The van der Waals surface area contributed by atoms with Crippen molar-refractivity contribution in [2.75, 3.05) is 36.6 Å². The number of urea groups is 1. The van der Waals surface area contributed by atoms with Crippen molar-refractivity contribution in [3.63, 3.8) is 0 Å². The lowest BCUT2D eigenvalue weighted by Gasteiger charge is -2.26. The van der Waals surface area contributed by atoms with Gasteiger partial charge in [-0.25, -0.2) is 13.6 Å². The zero-order valence-electron chi connectivity index (χ0n) is 22.3. The number of halogens is 5. The summed E-state index contributed by atoms with van der Waals surface area (Å²) in [4.78, 5) is 27.0. The lowest BCUT2D eigenvalue weighted by Crippen LogP contribution is -2.43. The van der Waals surface area contributed by atoms with E-state index in [1.54, 1.807) is 4.68 Å². The standard InChI is InChI=1S/C27H29F5N6O3/c1-37(2)14-16-7-9-20(10-8-16)38-15-23(41-36-38)35-26(40)34-19-12-17(27(30,31)32)11-18(13-19)33-25(39)24(29)21-5-3-4-6-22(21)28/h3-6,11-13,15-16,20,24H,7-10,14H2,1-2H3,(H2-,33,34,35,36,39,40)/p+1. The largest absolute Gasteiger partial charge is 0.416 e. The summed E-state index contributed by atoms with van der Waals surface area (Å²) in [7, 11) is 4.07. The van der Waals surface area contributed by atoms with Gasteiger partial charge in [0.05, 0.1) is 5.56 Å². The summed E-state index contributed by atoms with van der Waals surface area (Å²) < 4.78 is 75.8. The molecule has 1 aliphatic carbocycles. The molecule has 41 heavy (non-hydrogen) atoms. The molecule has 14 heteroatoms. The van der Waals surface area contributed by atoms with Gasteiger partial charge in [-0.05, 0) is 61.8 Å². The van der Waals surface area contributed by atoms with Crippen LogP contribution in [0.25, 0.3) is 0 Å². The fourth-order valence-corrected chi connectivity index (χ4v) is 4.83. The Balaban J connectivity index is 1.41. The molecule has 1 aliphatic rings. The molecule has 1 aromatic heterocycles. The van der Waals surface area contributed by atoms with E-state index in [-0.39, 0.29) is 17.6 Å². The normalized spacial score (nSPS) is 18.1. The van der Waals surface area contributed by atoms with Gasteiger partial charge < -0.3 is 15.5 Å². The zero-order chi connectivity index (χ0) is 29.7. The van der Waals surface area contributed by atoms with E-state index < -0.39 is 46.9 Å². The Morgan fingerprint density at radius 2 is 1.71 bits per heavy atom. The smallest absolute Gasteiger partial charge is 0.323 e. The topological polar surface area (TPSA) is 103 Å². The Morgan fingerprint density at radius 3 is 2.34 bits per heavy atom. The molecule has 0 saturated heterocycles. The molecule has 3 N–H and O–H groups in total. The van der Waals surface area contributed by atoms with Crippen LogP contribution >= 0.6 is 0 Å². The minimum absolute atomic E-state index is 0.0245. The SMILES string of the molecule is CN(C)CC1CCC([n+]2cc(NC(=O)Nc3cc(NC(=O)C(F)c4ccccc4F)cc(C(F)(F)F)c3)on2)CC1. The van der Waals surface area contributed by atoms with Crippen LogP contribution < -0.4 is 20.6 Å². The van der Waals surface area contributed by atoms with Crippen LogP contribution in [-0.2, 0) is 11.0 Å². The van der Waals surface area contributed by atoms with Gasteiger partial charge in [-0.15, -0.1) is 0 Å². The highest BCUT2D eigenvalue weighted by atomic mass is 19.4. The molecular weight excluding hydrogens is 551 g/mol. The maximum absolute atomic E-state index is 14.6. The molecule has 4 rings (SSSR count). The van der Waals surface area contributed by atoms with Gasteiger partial charge in [0.2, 0.25) is 11.4 Å². The number of carbonyl (C=O) groups excluding carboxylic acids is 2. The van der Waals surface area contributed by atoms with Crippen LogP contribution in [0.4, 0.5) is 44.0 Å². The van der Waals surface area contributed by atoms with Crippen molar-refractivity contribution in [3.8, 4) is 0 Å². The number of amides is 3. The molecule has 1 heterocycles. The number of hydrogen-bond donors (Lipinski definition) is 3. The van der Waals surface area contributed by atoms with E-state index in [4.69, 9.17) is 4.52 Å². The first-order valence-corrected chi connectivity index (χ1v) is 12.9. The first-order chi connectivity index (χ1) is 19.4. The second-order valence-electron chi connectivity index (χ2n) is 10.2. The number of carbonyl (C=O) groups is 2. The minimum atomic E-state index is -4.85. The van der Waals surface area contributed by atoms with E-state index in [0.717, 1.165) is 50.4 Å². The number of aromatic nitrogens is 2. The Kier molecular flexibility index (Phi) is 9.21. The van der Waals surface area contributed by atoms with Gasteiger partial charge >= 0.3 is 18.1 Å². The Labute approximate surface area is 232 Å². The fraction of sp³-hybridized carbons (Fsp3) is 0.407. The lowest BCUT2D eigenvalue weighted by atomic mass is 9.86. The molecule has 0 bridgehead atoms. The van der Waals surface area contributed by atoms with Crippen LogP contribution in [0, 0.1) is 11.7 Å². The number of nitrogens with zero attached hydrogens (tertiary/aromatic N) is 3. The number of hydrogen-bond acceptors (Lipinski definition) is 5. The van der Waals surface area contributed by atoms with E-state index in [9.17, 15) is 31.5 Å². The molecule has 3 aromatic rings. The molecule has 220 valence electrons. The highest BCUT2D eigenvalue weighted by Crippen LogP contribution is 2.34. The number of benzene rings is 2. The van der Waals surface area contributed by atoms with Gasteiger partial charge in [0.1, 0.15) is 5.82 Å². The molecule has 9 nitrogen and oxygen atoms in total. The van der Waals surface area contributed by atoms with Crippen LogP contribution in [0.15, 0.2) is 53.2 Å². The van der Waals surface area contributed by atoms with Gasteiger partial charge in [-0.3, -0.25) is 14.6 Å². The molecule has 1 saturated carbocycles. The summed E-state index contributed by atoms with van der Waals surface area (Å²) >= 11 is 0. The summed E-state index contributed by atoms with van der Waals surface area (Å²) in [6, 6.07) is 5.99. The van der Waals surface area contributed by atoms with Crippen LogP contribution in [0.1, 0.15) is 49.0 Å². The quantitative estimate of drug-likeness (QED) is 0.234. The lowest BCUT2D eigenvalue weighted by molar-refractivity contribution is -0.787. The highest BCUT2D eigenvalue weighted by Gasteiger charge is 2.33. The van der Waals surface area contributed by atoms with Crippen LogP contribution in [0.2, 0.25) is 0 Å². The van der Waals surface area contributed by atoms with E-state index in [1.165, 1.54) is 18.3 Å². The molecule has 1 unspecified atom stereocenters. The van der Waals surface area contributed by atoms with Crippen molar-refractivity contribution in [3.05, 3.63) is 65.6 Å². The summed E-state index contributed by atoms with van der Waals surface area (Å²) in [5.41, 5.74) is -2.59. The molecule has 0 aliphatic heterocycles. The number of anilines is 3. The van der Waals surface area contributed by atoms with Crippen molar-refractivity contribution < 1.29 is 40.7 Å². The van der Waals surface area contributed by atoms with Gasteiger partial charge in [0.15, 0.2) is 6.04 Å². The van der Waals surface area contributed by atoms with E-state index in [0.29, 0.717) is 18.1 Å².